The van der Waals surface area contributed by atoms with Gasteiger partial charge >= 0.3 is 5.97 Å². The molecule has 0 bridgehead atoms. The second-order valence-corrected chi connectivity index (χ2v) is 4.43. The molecule has 0 aliphatic heterocycles. The minimum absolute atomic E-state index is 0.0425. The van der Waals surface area contributed by atoms with Gasteiger partial charge in [0.1, 0.15) is 0 Å². The molecule has 102 valence electrons. The number of aromatic nitrogens is 1. The molecule has 5 heteroatoms. The zero-order valence-electron chi connectivity index (χ0n) is 11.2. The Hall–Kier alpha value is -2.69. The summed E-state index contributed by atoms with van der Waals surface area (Å²) >= 11 is 0. The lowest BCUT2D eigenvalue weighted by molar-refractivity contribution is 0.0692. The molecule has 0 fully saturated rings. The summed E-state index contributed by atoms with van der Waals surface area (Å²) in [7, 11) is 0. The summed E-state index contributed by atoms with van der Waals surface area (Å²) in [5.41, 5.74) is 2.63. The van der Waals surface area contributed by atoms with Crippen LogP contribution in [0.4, 0.5) is 5.69 Å². The Morgan fingerprint density at radius 3 is 2.60 bits per heavy atom. The van der Waals surface area contributed by atoms with Crippen molar-refractivity contribution >= 4 is 17.6 Å². The van der Waals surface area contributed by atoms with Crippen molar-refractivity contribution < 1.29 is 14.7 Å². The monoisotopic (exact) mass is 270 g/mol. The standard InChI is InChI=1S/C15H14N2O3/c1-9-4-3-5-13(10(9)2)17-14(18)12-8-16-7-6-11(12)15(19)20/h3-8H,1-2H3,(H,17,18)(H,19,20). The number of carbonyl (C=O) groups is 2. The van der Waals surface area contributed by atoms with Gasteiger partial charge < -0.3 is 10.4 Å². The molecule has 2 N–H and O–H groups in total. The Labute approximate surface area is 116 Å². The maximum Gasteiger partial charge on any atom is 0.336 e. The summed E-state index contributed by atoms with van der Waals surface area (Å²) in [6.07, 6.45) is 2.60. The fraction of sp³-hybridized carbons (Fsp3) is 0.133. The first-order valence-electron chi connectivity index (χ1n) is 6.05. The third-order valence-corrected chi connectivity index (χ3v) is 3.15. The Morgan fingerprint density at radius 1 is 1.15 bits per heavy atom. The number of carboxylic acid groups (broad SMARTS) is 1. The number of aryl methyl sites for hydroxylation is 1. The number of hydrogen-bond donors (Lipinski definition) is 2. The molecule has 1 amide bonds. The van der Waals surface area contributed by atoms with Crippen LogP contribution in [0.25, 0.3) is 0 Å². The zero-order chi connectivity index (χ0) is 14.7. The van der Waals surface area contributed by atoms with Crippen molar-refractivity contribution in [2.45, 2.75) is 13.8 Å². The number of carboxylic acids is 1. The topological polar surface area (TPSA) is 79.3 Å². The van der Waals surface area contributed by atoms with Crippen LogP contribution in [-0.2, 0) is 0 Å². The van der Waals surface area contributed by atoms with Gasteiger partial charge in [-0.25, -0.2) is 4.79 Å². The molecule has 0 atom stereocenters. The van der Waals surface area contributed by atoms with Gasteiger partial charge in [0.05, 0.1) is 11.1 Å². The third-order valence-electron chi connectivity index (χ3n) is 3.15. The molecule has 0 unspecified atom stereocenters. The molecule has 0 saturated heterocycles. The molecule has 5 nitrogen and oxygen atoms in total. The van der Waals surface area contributed by atoms with Crippen LogP contribution in [0.15, 0.2) is 36.7 Å². The van der Waals surface area contributed by atoms with Crippen molar-refractivity contribution in [3.8, 4) is 0 Å². The van der Waals surface area contributed by atoms with Gasteiger partial charge in [0.15, 0.2) is 0 Å². The van der Waals surface area contributed by atoms with E-state index >= 15 is 0 Å². The minimum atomic E-state index is -1.15. The van der Waals surface area contributed by atoms with Crippen LogP contribution in [0.2, 0.25) is 0 Å². The molecular weight excluding hydrogens is 256 g/mol. The molecule has 0 radical (unpaired) electrons. The van der Waals surface area contributed by atoms with Crippen LogP contribution in [0.5, 0.6) is 0 Å². The first-order valence-corrected chi connectivity index (χ1v) is 6.05. The third kappa shape index (κ3) is 2.66. The zero-order valence-corrected chi connectivity index (χ0v) is 11.2. The summed E-state index contributed by atoms with van der Waals surface area (Å²) in [4.78, 5) is 27.1. The average Bonchev–Trinajstić information content (AvgIpc) is 2.43. The Bertz CT molecular complexity index is 681. The average molecular weight is 270 g/mol. The maximum atomic E-state index is 12.2. The van der Waals surface area contributed by atoms with Crippen molar-refractivity contribution in [1.29, 1.82) is 0 Å². The SMILES string of the molecule is Cc1cccc(NC(=O)c2cnccc2C(=O)O)c1C. The Morgan fingerprint density at radius 2 is 1.90 bits per heavy atom. The number of nitrogens with one attached hydrogen (secondary N) is 1. The predicted octanol–water partition coefficient (Wildman–Crippen LogP) is 2.65. The van der Waals surface area contributed by atoms with Crippen LogP contribution in [-0.4, -0.2) is 22.0 Å². The number of pyridine rings is 1. The van der Waals surface area contributed by atoms with E-state index in [1.807, 2.05) is 26.0 Å². The second kappa shape index (κ2) is 5.52. The Balaban J connectivity index is 2.34. The number of rotatable bonds is 3. The van der Waals surface area contributed by atoms with Gasteiger partial charge in [-0.2, -0.15) is 0 Å². The fourth-order valence-electron chi connectivity index (χ4n) is 1.84. The minimum Gasteiger partial charge on any atom is -0.478 e. The van der Waals surface area contributed by atoms with E-state index in [1.165, 1.54) is 18.5 Å². The van der Waals surface area contributed by atoms with Gasteiger partial charge in [0.2, 0.25) is 0 Å². The van der Waals surface area contributed by atoms with Gasteiger partial charge in [-0.3, -0.25) is 9.78 Å². The van der Waals surface area contributed by atoms with Gasteiger partial charge in [-0.15, -0.1) is 0 Å². The number of benzene rings is 1. The maximum absolute atomic E-state index is 12.2. The van der Waals surface area contributed by atoms with Crippen LogP contribution in [0, 0.1) is 13.8 Å². The van der Waals surface area contributed by atoms with E-state index in [0.717, 1.165) is 11.1 Å². The van der Waals surface area contributed by atoms with E-state index < -0.39 is 11.9 Å². The molecule has 2 aromatic rings. The molecule has 0 aliphatic rings. The molecule has 0 spiro atoms. The van der Waals surface area contributed by atoms with Crippen LogP contribution >= 0.6 is 0 Å². The molecule has 1 aromatic heterocycles. The van der Waals surface area contributed by atoms with E-state index in [4.69, 9.17) is 5.11 Å². The first-order chi connectivity index (χ1) is 9.50. The van der Waals surface area contributed by atoms with Crippen molar-refractivity contribution in [1.82, 2.24) is 4.98 Å². The molecule has 1 aromatic carbocycles. The van der Waals surface area contributed by atoms with E-state index in [2.05, 4.69) is 10.3 Å². The smallest absolute Gasteiger partial charge is 0.336 e. The van der Waals surface area contributed by atoms with Crippen molar-refractivity contribution in [3.63, 3.8) is 0 Å². The Kier molecular flexibility index (Phi) is 3.79. The highest BCUT2D eigenvalue weighted by molar-refractivity contribution is 6.10. The normalized spacial score (nSPS) is 10.1. The quantitative estimate of drug-likeness (QED) is 0.898. The van der Waals surface area contributed by atoms with Crippen molar-refractivity contribution in [2.75, 3.05) is 5.32 Å². The number of nitrogens with zero attached hydrogens (tertiary/aromatic N) is 1. The van der Waals surface area contributed by atoms with Gasteiger partial charge in [-0.05, 0) is 37.1 Å². The molecule has 2 rings (SSSR count). The van der Waals surface area contributed by atoms with Crippen LogP contribution < -0.4 is 5.32 Å². The van der Waals surface area contributed by atoms with E-state index in [-0.39, 0.29) is 11.1 Å². The van der Waals surface area contributed by atoms with Gasteiger partial charge in [0, 0.05) is 18.1 Å². The summed E-state index contributed by atoms with van der Waals surface area (Å²) in [5, 5.41) is 11.8. The number of carbonyl (C=O) groups excluding carboxylic acids is 1. The lowest BCUT2D eigenvalue weighted by Gasteiger charge is -2.11. The summed E-state index contributed by atoms with van der Waals surface area (Å²) in [6.45, 7) is 3.84. The highest BCUT2D eigenvalue weighted by Gasteiger charge is 2.17. The second-order valence-electron chi connectivity index (χ2n) is 4.43. The predicted molar refractivity (Wildman–Crippen MR) is 75.1 cm³/mol. The molecule has 0 aliphatic carbocycles. The molecule has 1 heterocycles. The number of hydrogen-bond acceptors (Lipinski definition) is 3. The summed E-state index contributed by atoms with van der Waals surface area (Å²) in [5.74, 6) is -1.64. The van der Waals surface area contributed by atoms with E-state index in [0.29, 0.717) is 5.69 Å². The van der Waals surface area contributed by atoms with Gasteiger partial charge in [-0.1, -0.05) is 12.1 Å². The van der Waals surface area contributed by atoms with Crippen molar-refractivity contribution in [3.05, 3.63) is 58.9 Å². The summed E-state index contributed by atoms with van der Waals surface area (Å²) < 4.78 is 0. The van der Waals surface area contributed by atoms with E-state index in [1.54, 1.807) is 6.07 Å². The lowest BCUT2D eigenvalue weighted by Crippen LogP contribution is -2.17. The fourth-order valence-corrected chi connectivity index (χ4v) is 1.84. The first kappa shape index (κ1) is 13.7. The lowest BCUT2D eigenvalue weighted by atomic mass is 10.1. The van der Waals surface area contributed by atoms with Crippen LogP contribution in [0.1, 0.15) is 31.8 Å². The number of aromatic carboxylic acids is 1. The van der Waals surface area contributed by atoms with Crippen molar-refractivity contribution in [2.24, 2.45) is 0 Å². The highest BCUT2D eigenvalue weighted by atomic mass is 16.4. The summed E-state index contributed by atoms with van der Waals surface area (Å²) in [6, 6.07) is 6.86. The van der Waals surface area contributed by atoms with Gasteiger partial charge in [0.25, 0.3) is 5.91 Å². The van der Waals surface area contributed by atoms with E-state index in [9.17, 15) is 9.59 Å². The largest absolute Gasteiger partial charge is 0.478 e. The molecule has 0 saturated carbocycles. The van der Waals surface area contributed by atoms with Crippen LogP contribution in [0.3, 0.4) is 0 Å². The molecular formula is C15H14N2O3. The highest BCUT2D eigenvalue weighted by Crippen LogP contribution is 2.19. The number of amides is 1. The number of anilines is 1. The molecule has 20 heavy (non-hydrogen) atoms.